The van der Waals surface area contributed by atoms with Gasteiger partial charge in [0.1, 0.15) is 5.75 Å². The van der Waals surface area contributed by atoms with Gasteiger partial charge in [0.25, 0.3) is 11.8 Å². The number of hydrogen-bond acceptors (Lipinski definition) is 6. The molecule has 5 N–H and O–H groups in total. The number of amides is 2. The number of nitrogens with two attached hydrogens (primary N) is 1. The number of fused-ring (bicyclic) bond motifs is 2. The number of piperidine rings is 1. The first-order valence-electron chi connectivity index (χ1n) is 12.9. The second kappa shape index (κ2) is 11.0. The van der Waals surface area contributed by atoms with Crippen molar-refractivity contribution in [2.45, 2.75) is 81.4 Å². The Balaban J connectivity index is 1.40. The van der Waals surface area contributed by atoms with Crippen LogP contribution in [0.2, 0.25) is 0 Å². The molecule has 3 atom stereocenters. The molecule has 2 heterocycles. The van der Waals surface area contributed by atoms with E-state index in [1.54, 1.807) is 6.07 Å². The molecule has 0 radical (unpaired) electrons. The molecule has 3 fully saturated rings. The Bertz CT molecular complexity index is 938. The van der Waals surface area contributed by atoms with Gasteiger partial charge in [-0.3, -0.25) is 14.5 Å². The molecule has 3 aliphatic rings. The quantitative estimate of drug-likeness (QED) is 0.404. The standard InChI is InChI=1S/C26H37F2N3O5/c27-26(28)8-6-16(7-9-26)14-30(25(36)22(33)15-32)10-11-31-18-4-5-19(31)13-17(12-18)20-2-1-3-21(23(20)34)24(29)35/h1-3,16-19,22,32-34H,4-15H2,(H2,29,35)/t17?,18?,19?,22-/m0/s1. The first-order chi connectivity index (χ1) is 17.1. The molecule has 10 heteroatoms. The Labute approximate surface area is 210 Å². The lowest BCUT2D eigenvalue weighted by Gasteiger charge is -2.41. The van der Waals surface area contributed by atoms with Gasteiger partial charge < -0.3 is 26.0 Å². The highest BCUT2D eigenvalue weighted by atomic mass is 19.3. The van der Waals surface area contributed by atoms with E-state index in [2.05, 4.69) is 4.90 Å². The number of rotatable bonds is 9. The number of para-hydroxylation sites is 1. The van der Waals surface area contributed by atoms with E-state index in [4.69, 9.17) is 5.73 Å². The van der Waals surface area contributed by atoms with Gasteiger partial charge in [-0.2, -0.15) is 0 Å². The molecule has 1 saturated carbocycles. The summed E-state index contributed by atoms with van der Waals surface area (Å²) in [6.07, 6.45) is 2.34. The van der Waals surface area contributed by atoms with Crippen molar-refractivity contribution < 1.29 is 33.7 Å². The van der Waals surface area contributed by atoms with Crippen molar-refractivity contribution in [2.75, 3.05) is 26.2 Å². The van der Waals surface area contributed by atoms with Crippen LogP contribution in [-0.4, -0.2) is 87.3 Å². The number of hydrogen-bond donors (Lipinski definition) is 4. The van der Waals surface area contributed by atoms with E-state index in [1.165, 1.54) is 11.0 Å². The molecule has 2 bridgehead atoms. The minimum atomic E-state index is -2.65. The average Bonchev–Trinajstić information content (AvgIpc) is 3.08. The van der Waals surface area contributed by atoms with Gasteiger partial charge in [-0.15, -0.1) is 0 Å². The molecule has 2 saturated heterocycles. The molecular formula is C26H37F2N3O5. The van der Waals surface area contributed by atoms with E-state index in [0.717, 1.165) is 31.2 Å². The maximum Gasteiger partial charge on any atom is 0.253 e. The van der Waals surface area contributed by atoms with E-state index >= 15 is 0 Å². The first kappa shape index (κ1) is 26.8. The molecule has 2 amide bonds. The van der Waals surface area contributed by atoms with Gasteiger partial charge in [-0.1, -0.05) is 12.1 Å². The smallest absolute Gasteiger partial charge is 0.253 e. The van der Waals surface area contributed by atoms with Crippen LogP contribution in [0.4, 0.5) is 8.78 Å². The highest BCUT2D eigenvalue weighted by Crippen LogP contribution is 2.45. The summed E-state index contributed by atoms with van der Waals surface area (Å²) in [6.45, 7) is 0.555. The Hall–Kier alpha value is -2.30. The molecule has 200 valence electrons. The lowest BCUT2D eigenvalue weighted by Crippen LogP contribution is -2.50. The second-order valence-corrected chi connectivity index (χ2v) is 10.7. The summed E-state index contributed by atoms with van der Waals surface area (Å²) >= 11 is 0. The minimum absolute atomic E-state index is 0.0457. The zero-order valence-electron chi connectivity index (χ0n) is 20.5. The average molecular weight is 510 g/mol. The van der Waals surface area contributed by atoms with Gasteiger partial charge in [0.2, 0.25) is 5.92 Å². The fourth-order valence-electron chi connectivity index (χ4n) is 6.39. The zero-order chi connectivity index (χ0) is 26.0. The van der Waals surface area contributed by atoms with Crippen LogP contribution in [0.1, 0.15) is 73.2 Å². The Morgan fingerprint density at radius 1 is 1.14 bits per heavy atom. The van der Waals surface area contributed by atoms with Gasteiger partial charge in [-0.05, 0) is 62.0 Å². The van der Waals surface area contributed by atoms with Crippen LogP contribution in [0.5, 0.6) is 5.75 Å². The van der Waals surface area contributed by atoms with Crippen LogP contribution in [0.15, 0.2) is 18.2 Å². The van der Waals surface area contributed by atoms with Crippen molar-refractivity contribution in [3.63, 3.8) is 0 Å². The van der Waals surface area contributed by atoms with Crippen LogP contribution < -0.4 is 5.73 Å². The number of aliphatic hydroxyl groups excluding tert-OH is 2. The highest BCUT2D eigenvalue weighted by Gasteiger charge is 2.42. The number of carbonyl (C=O) groups is 2. The second-order valence-electron chi connectivity index (χ2n) is 10.7. The number of nitrogens with zero attached hydrogens (tertiary/aromatic N) is 2. The number of primary amides is 1. The maximum atomic E-state index is 13.6. The monoisotopic (exact) mass is 509 g/mol. The molecule has 36 heavy (non-hydrogen) atoms. The summed E-state index contributed by atoms with van der Waals surface area (Å²) < 4.78 is 27.2. The van der Waals surface area contributed by atoms with E-state index < -0.39 is 30.4 Å². The van der Waals surface area contributed by atoms with Crippen molar-refractivity contribution in [1.29, 1.82) is 0 Å². The fourth-order valence-corrected chi connectivity index (χ4v) is 6.39. The molecule has 8 nitrogen and oxygen atoms in total. The van der Waals surface area contributed by atoms with Crippen LogP contribution in [0.3, 0.4) is 0 Å². The third-order valence-electron chi connectivity index (χ3n) is 8.37. The van der Waals surface area contributed by atoms with Crippen molar-refractivity contribution in [2.24, 2.45) is 11.7 Å². The molecule has 1 aromatic carbocycles. The third kappa shape index (κ3) is 5.81. The van der Waals surface area contributed by atoms with E-state index in [9.17, 15) is 33.7 Å². The molecule has 0 spiro atoms. The third-order valence-corrected chi connectivity index (χ3v) is 8.37. The van der Waals surface area contributed by atoms with Gasteiger partial charge in [0.05, 0.1) is 12.2 Å². The molecule has 2 aliphatic heterocycles. The number of carbonyl (C=O) groups excluding carboxylic acids is 2. The number of benzene rings is 1. The molecule has 0 aromatic heterocycles. The van der Waals surface area contributed by atoms with Gasteiger partial charge in [-0.25, -0.2) is 8.78 Å². The van der Waals surface area contributed by atoms with Crippen molar-refractivity contribution in [3.05, 3.63) is 29.3 Å². The topological polar surface area (TPSA) is 127 Å². The van der Waals surface area contributed by atoms with E-state index in [-0.39, 0.29) is 48.1 Å². The van der Waals surface area contributed by atoms with E-state index in [1.807, 2.05) is 6.07 Å². The van der Waals surface area contributed by atoms with Crippen LogP contribution in [0.25, 0.3) is 0 Å². The van der Waals surface area contributed by atoms with Crippen LogP contribution in [-0.2, 0) is 4.79 Å². The number of halogens is 2. The number of aromatic hydroxyl groups is 1. The number of alkyl halides is 2. The summed E-state index contributed by atoms with van der Waals surface area (Å²) in [5.41, 5.74) is 6.26. The zero-order valence-corrected chi connectivity index (χ0v) is 20.5. The van der Waals surface area contributed by atoms with Crippen LogP contribution in [0, 0.1) is 5.92 Å². The Kier molecular flexibility index (Phi) is 8.16. The predicted octanol–water partition coefficient (Wildman–Crippen LogP) is 2.21. The van der Waals surface area contributed by atoms with Crippen molar-refractivity contribution >= 4 is 11.8 Å². The maximum absolute atomic E-state index is 13.6. The molecule has 1 aliphatic carbocycles. The summed E-state index contributed by atoms with van der Waals surface area (Å²) in [5, 5.41) is 29.9. The molecule has 4 rings (SSSR count). The molecule has 2 unspecified atom stereocenters. The predicted molar refractivity (Wildman–Crippen MR) is 129 cm³/mol. The van der Waals surface area contributed by atoms with Gasteiger partial charge in [0, 0.05) is 44.6 Å². The summed E-state index contributed by atoms with van der Waals surface area (Å²) in [5.74, 6) is -3.88. The van der Waals surface area contributed by atoms with Crippen molar-refractivity contribution in [3.8, 4) is 5.75 Å². The normalized spacial score (nSPS) is 27.1. The first-order valence-corrected chi connectivity index (χ1v) is 12.9. The fraction of sp³-hybridized carbons (Fsp3) is 0.692. The van der Waals surface area contributed by atoms with Crippen LogP contribution >= 0.6 is 0 Å². The number of phenols is 1. The molecular weight excluding hydrogens is 472 g/mol. The van der Waals surface area contributed by atoms with Gasteiger partial charge >= 0.3 is 0 Å². The largest absolute Gasteiger partial charge is 0.507 e. The summed E-state index contributed by atoms with van der Waals surface area (Å²) in [7, 11) is 0. The summed E-state index contributed by atoms with van der Waals surface area (Å²) in [4.78, 5) is 28.3. The highest BCUT2D eigenvalue weighted by molar-refractivity contribution is 5.96. The van der Waals surface area contributed by atoms with E-state index in [0.29, 0.717) is 32.5 Å². The Morgan fingerprint density at radius 3 is 2.36 bits per heavy atom. The van der Waals surface area contributed by atoms with Crippen molar-refractivity contribution in [1.82, 2.24) is 9.80 Å². The SMILES string of the molecule is NC(=O)c1cccc(C2CC3CCC(C2)N3CCN(CC2CCC(F)(F)CC2)C(=O)[C@@H](O)CO)c1O. The Morgan fingerprint density at radius 2 is 1.78 bits per heavy atom. The minimum Gasteiger partial charge on any atom is -0.507 e. The lowest BCUT2D eigenvalue weighted by molar-refractivity contribution is -0.143. The summed E-state index contributed by atoms with van der Waals surface area (Å²) in [6, 6.07) is 5.59. The van der Waals surface area contributed by atoms with Gasteiger partial charge in [0.15, 0.2) is 6.10 Å². The lowest BCUT2D eigenvalue weighted by atomic mass is 9.83. The number of aliphatic hydroxyl groups is 2. The molecule has 1 aromatic rings.